The number of nitrogens with two attached hydrogens (primary N) is 1. The number of hydrogen-bond acceptors (Lipinski definition) is 4. The zero-order chi connectivity index (χ0) is 14.4. The molecule has 1 heterocycles. The molecular weight excluding hydrogens is 256 g/mol. The molecule has 20 heavy (non-hydrogen) atoms. The third kappa shape index (κ3) is 4.03. The number of fused-ring (bicyclic) bond motifs is 1. The maximum absolute atomic E-state index is 5.65. The standard InChI is InChI=1S/C14H22N4O2/c1-10(2)9-16-14(18-15)17-11-4-5-12-13(8-11)20-7-3-6-19-12/h4-5,8,10H,3,6-7,9,15H2,1-2H3,(H2,16,17,18). The van der Waals surface area contributed by atoms with E-state index in [2.05, 4.69) is 29.6 Å². The van der Waals surface area contributed by atoms with E-state index in [4.69, 9.17) is 15.3 Å². The molecule has 0 spiro atoms. The molecule has 0 bridgehead atoms. The fourth-order valence-corrected chi connectivity index (χ4v) is 1.77. The van der Waals surface area contributed by atoms with Gasteiger partial charge in [-0.2, -0.15) is 0 Å². The van der Waals surface area contributed by atoms with Crippen LogP contribution < -0.4 is 26.1 Å². The number of anilines is 1. The first-order chi connectivity index (χ1) is 9.69. The van der Waals surface area contributed by atoms with Gasteiger partial charge in [0.15, 0.2) is 11.5 Å². The molecule has 1 aliphatic rings. The van der Waals surface area contributed by atoms with E-state index in [1.165, 1.54) is 0 Å². The largest absolute Gasteiger partial charge is 0.490 e. The van der Waals surface area contributed by atoms with Crippen LogP contribution in [0.1, 0.15) is 20.3 Å². The summed E-state index contributed by atoms with van der Waals surface area (Å²) in [5, 5.41) is 3.13. The second kappa shape index (κ2) is 7.00. The number of nitrogens with one attached hydrogen (secondary N) is 2. The maximum atomic E-state index is 5.65. The SMILES string of the molecule is CC(C)CN=C(NN)Nc1ccc2c(c1)OCCCO2. The second-order valence-electron chi connectivity index (χ2n) is 5.06. The average Bonchev–Trinajstić information content (AvgIpc) is 2.67. The monoisotopic (exact) mass is 278 g/mol. The van der Waals surface area contributed by atoms with Crippen molar-refractivity contribution in [1.82, 2.24) is 5.43 Å². The van der Waals surface area contributed by atoms with Gasteiger partial charge in [-0.25, -0.2) is 5.84 Å². The van der Waals surface area contributed by atoms with Crippen LogP contribution in [0, 0.1) is 5.92 Å². The number of nitrogens with zero attached hydrogens (tertiary/aromatic N) is 1. The van der Waals surface area contributed by atoms with E-state index in [-0.39, 0.29) is 0 Å². The van der Waals surface area contributed by atoms with Gasteiger partial charge in [0.05, 0.1) is 13.2 Å². The van der Waals surface area contributed by atoms with E-state index >= 15 is 0 Å². The first kappa shape index (κ1) is 14.5. The molecule has 0 aliphatic carbocycles. The van der Waals surface area contributed by atoms with Gasteiger partial charge in [-0.15, -0.1) is 0 Å². The van der Waals surface area contributed by atoms with Crippen LogP contribution in [-0.2, 0) is 0 Å². The van der Waals surface area contributed by atoms with Crippen molar-refractivity contribution in [2.75, 3.05) is 25.1 Å². The Balaban J connectivity index is 2.09. The number of hydrogen-bond donors (Lipinski definition) is 3. The van der Waals surface area contributed by atoms with Crippen molar-refractivity contribution in [3.8, 4) is 11.5 Å². The van der Waals surface area contributed by atoms with Crippen LogP contribution in [0.2, 0.25) is 0 Å². The van der Waals surface area contributed by atoms with Crippen molar-refractivity contribution in [2.45, 2.75) is 20.3 Å². The lowest BCUT2D eigenvalue weighted by Crippen LogP contribution is -2.36. The Morgan fingerprint density at radius 3 is 2.75 bits per heavy atom. The first-order valence-corrected chi connectivity index (χ1v) is 6.87. The molecule has 0 saturated carbocycles. The van der Waals surface area contributed by atoms with Gasteiger partial charge < -0.3 is 14.8 Å². The van der Waals surface area contributed by atoms with Crippen LogP contribution in [0.15, 0.2) is 23.2 Å². The van der Waals surface area contributed by atoms with Gasteiger partial charge >= 0.3 is 0 Å². The van der Waals surface area contributed by atoms with Gasteiger partial charge in [-0.05, 0) is 18.1 Å². The number of hydrazine groups is 1. The van der Waals surface area contributed by atoms with Crippen LogP contribution in [0.3, 0.4) is 0 Å². The van der Waals surface area contributed by atoms with E-state index < -0.39 is 0 Å². The molecule has 110 valence electrons. The summed E-state index contributed by atoms with van der Waals surface area (Å²) < 4.78 is 11.2. The molecule has 1 aliphatic heterocycles. The number of aliphatic imine (C=N–C) groups is 1. The maximum Gasteiger partial charge on any atom is 0.210 e. The highest BCUT2D eigenvalue weighted by Gasteiger charge is 2.11. The van der Waals surface area contributed by atoms with E-state index in [9.17, 15) is 0 Å². The van der Waals surface area contributed by atoms with Crippen molar-refractivity contribution in [2.24, 2.45) is 16.8 Å². The van der Waals surface area contributed by atoms with Gasteiger partial charge in [-0.1, -0.05) is 13.8 Å². The zero-order valence-electron chi connectivity index (χ0n) is 12.0. The fourth-order valence-electron chi connectivity index (χ4n) is 1.77. The van der Waals surface area contributed by atoms with Crippen LogP contribution in [-0.4, -0.2) is 25.7 Å². The normalized spacial score (nSPS) is 14.9. The van der Waals surface area contributed by atoms with E-state index in [1.54, 1.807) is 0 Å². The van der Waals surface area contributed by atoms with Crippen LogP contribution in [0.25, 0.3) is 0 Å². The quantitative estimate of drug-likeness (QED) is 0.339. The summed E-state index contributed by atoms with van der Waals surface area (Å²) in [6.07, 6.45) is 0.892. The highest BCUT2D eigenvalue weighted by Crippen LogP contribution is 2.32. The topological polar surface area (TPSA) is 80.9 Å². The molecule has 1 aromatic carbocycles. The first-order valence-electron chi connectivity index (χ1n) is 6.87. The Bertz CT molecular complexity index is 474. The minimum absolute atomic E-state index is 0.476. The van der Waals surface area contributed by atoms with E-state index in [1.807, 2.05) is 18.2 Å². The summed E-state index contributed by atoms with van der Waals surface area (Å²) in [6, 6.07) is 5.69. The van der Waals surface area contributed by atoms with E-state index in [0.29, 0.717) is 31.6 Å². The lowest BCUT2D eigenvalue weighted by molar-refractivity contribution is 0.297. The Kier molecular flexibility index (Phi) is 5.06. The molecule has 0 radical (unpaired) electrons. The summed E-state index contributed by atoms with van der Waals surface area (Å²) in [7, 11) is 0. The van der Waals surface area contributed by atoms with Crippen molar-refractivity contribution >= 4 is 11.6 Å². The summed E-state index contributed by atoms with van der Waals surface area (Å²) in [4.78, 5) is 4.36. The van der Waals surface area contributed by atoms with Gasteiger partial charge in [0.2, 0.25) is 5.96 Å². The smallest absolute Gasteiger partial charge is 0.210 e. The number of guanidine groups is 1. The van der Waals surface area contributed by atoms with Crippen molar-refractivity contribution in [3.05, 3.63) is 18.2 Å². The highest BCUT2D eigenvalue weighted by atomic mass is 16.5. The third-order valence-corrected chi connectivity index (χ3v) is 2.76. The predicted molar refractivity (Wildman–Crippen MR) is 80.1 cm³/mol. The average molecular weight is 278 g/mol. The summed E-state index contributed by atoms with van der Waals surface area (Å²) in [6.45, 7) is 6.26. The zero-order valence-corrected chi connectivity index (χ0v) is 12.0. The fraction of sp³-hybridized carbons (Fsp3) is 0.500. The van der Waals surface area contributed by atoms with Gasteiger partial charge in [0, 0.05) is 24.7 Å². The van der Waals surface area contributed by atoms with Crippen LogP contribution in [0.5, 0.6) is 11.5 Å². The van der Waals surface area contributed by atoms with Crippen LogP contribution >= 0.6 is 0 Å². The number of ether oxygens (including phenoxy) is 2. The molecule has 0 unspecified atom stereocenters. The molecule has 6 heteroatoms. The minimum atomic E-state index is 0.476. The molecule has 0 amide bonds. The van der Waals surface area contributed by atoms with Crippen molar-refractivity contribution in [1.29, 1.82) is 0 Å². The molecule has 0 aromatic heterocycles. The summed E-state index contributed by atoms with van der Waals surface area (Å²) in [5.74, 6) is 8.00. The lowest BCUT2D eigenvalue weighted by Gasteiger charge is -2.12. The molecule has 0 saturated heterocycles. The van der Waals surface area contributed by atoms with Gasteiger partial charge in [0.25, 0.3) is 0 Å². The van der Waals surface area contributed by atoms with Gasteiger partial charge in [-0.3, -0.25) is 10.4 Å². The van der Waals surface area contributed by atoms with Crippen molar-refractivity contribution in [3.63, 3.8) is 0 Å². The van der Waals surface area contributed by atoms with Gasteiger partial charge in [0.1, 0.15) is 0 Å². The predicted octanol–water partition coefficient (Wildman–Crippen LogP) is 1.74. The summed E-state index contributed by atoms with van der Waals surface area (Å²) in [5.41, 5.74) is 3.42. The molecule has 4 N–H and O–H groups in total. The molecular formula is C14H22N4O2. The Morgan fingerprint density at radius 1 is 1.30 bits per heavy atom. The lowest BCUT2D eigenvalue weighted by atomic mass is 10.2. The second-order valence-corrected chi connectivity index (χ2v) is 5.06. The molecule has 0 fully saturated rings. The van der Waals surface area contributed by atoms with Crippen molar-refractivity contribution < 1.29 is 9.47 Å². The van der Waals surface area contributed by atoms with Crippen LogP contribution in [0.4, 0.5) is 5.69 Å². The Hall–Kier alpha value is -1.95. The molecule has 6 nitrogen and oxygen atoms in total. The number of benzene rings is 1. The Labute approximate surface area is 119 Å². The number of rotatable bonds is 3. The molecule has 0 atom stereocenters. The molecule has 1 aromatic rings. The third-order valence-electron chi connectivity index (χ3n) is 2.76. The Morgan fingerprint density at radius 2 is 2.05 bits per heavy atom. The highest BCUT2D eigenvalue weighted by molar-refractivity contribution is 5.93. The van der Waals surface area contributed by atoms with E-state index in [0.717, 1.165) is 23.6 Å². The summed E-state index contributed by atoms with van der Waals surface area (Å²) >= 11 is 0. The molecule has 2 rings (SSSR count). The minimum Gasteiger partial charge on any atom is -0.490 e.